The first-order chi connectivity index (χ1) is 11.6. The van der Waals surface area contributed by atoms with Crippen LogP contribution in [0, 0.1) is 0 Å². The summed E-state index contributed by atoms with van der Waals surface area (Å²) in [7, 11) is 0. The number of hydrogen-bond donors (Lipinski definition) is 2. The van der Waals surface area contributed by atoms with E-state index in [9.17, 15) is 14.7 Å². The molecule has 1 aromatic carbocycles. The van der Waals surface area contributed by atoms with Crippen LogP contribution in [0.25, 0.3) is 0 Å². The van der Waals surface area contributed by atoms with Crippen LogP contribution in [-0.4, -0.2) is 23.0 Å². The molecule has 0 fully saturated rings. The van der Waals surface area contributed by atoms with E-state index >= 15 is 0 Å². The van der Waals surface area contributed by atoms with Crippen molar-refractivity contribution in [2.24, 2.45) is 0 Å². The number of carboxylic acid groups (broad SMARTS) is 1. The maximum Gasteiger partial charge on any atom is 0.326 e. The number of hydrogen-bond acceptors (Lipinski definition) is 2. The number of allylic oxidation sites excluding steroid dienone is 1. The van der Waals surface area contributed by atoms with Crippen LogP contribution in [0.2, 0.25) is 0 Å². The molecule has 0 unspecified atom stereocenters. The number of amides is 1. The third-order valence-electron chi connectivity index (χ3n) is 3.89. The molecule has 1 atom stereocenters. The van der Waals surface area contributed by atoms with Crippen LogP contribution in [0.4, 0.5) is 0 Å². The Bertz CT molecular complexity index is 511. The second kappa shape index (κ2) is 12.3. The van der Waals surface area contributed by atoms with Gasteiger partial charge in [0.05, 0.1) is 0 Å². The Hall–Kier alpha value is -2.10. The maximum absolute atomic E-state index is 11.9. The number of nitrogens with one attached hydrogen (secondary N) is 1. The number of unbranched alkanes of at least 4 members (excludes halogenated alkanes) is 6. The van der Waals surface area contributed by atoms with Crippen molar-refractivity contribution >= 4 is 11.9 Å². The second-order valence-corrected chi connectivity index (χ2v) is 6.05. The van der Waals surface area contributed by atoms with Crippen molar-refractivity contribution in [3.63, 3.8) is 0 Å². The zero-order valence-corrected chi connectivity index (χ0v) is 14.5. The summed E-state index contributed by atoms with van der Waals surface area (Å²) in [6, 6.07) is 8.40. The Kier molecular flexibility index (Phi) is 10.3. The van der Waals surface area contributed by atoms with E-state index < -0.39 is 12.0 Å². The minimum Gasteiger partial charge on any atom is -0.480 e. The molecule has 132 valence electrons. The van der Waals surface area contributed by atoms with Gasteiger partial charge in [0.25, 0.3) is 0 Å². The molecule has 0 aliphatic carbocycles. The normalized spacial score (nSPS) is 12.2. The first-order valence-electron chi connectivity index (χ1n) is 8.87. The molecular formula is C20H29NO3. The van der Waals surface area contributed by atoms with Gasteiger partial charge in [-0.2, -0.15) is 0 Å². The van der Waals surface area contributed by atoms with Gasteiger partial charge in [0.2, 0.25) is 5.91 Å². The molecule has 1 amide bonds. The summed E-state index contributed by atoms with van der Waals surface area (Å²) in [4.78, 5) is 23.2. The highest BCUT2D eigenvalue weighted by Gasteiger charge is 2.19. The van der Waals surface area contributed by atoms with Crippen molar-refractivity contribution in [1.82, 2.24) is 5.32 Å². The minimum absolute atomic E-state index is 0.285. The molecule has 2 N–H and O–H groups in total. The summed E-state index contributed by atoms with van der Waals surface area (Å²) in [5, 5.41) is 11.8. The molecule has 4 nitrogen and oxygen atoms in total. The average Bonchev–Trinajstić information content (AvgIpc) is 2.57. The molecule has 24 heavy (non-hydrogen) atoms. The molecule has 0 saturated heterocycles. The Morgan fingerprint density at radius 1 is 1.08 bits per heavy atom. The van der Waals surface area contributed by atoms with E-state index in [-0.39, 0.29) is 12.3 Å². The van der Waals surface area contributed by atoms with Crippen molar-refractivity contribution in [3.05, 3.63) is 48.0 Å². The molecule has 0 spiro atoms. The highest BCUT2D eigenvalue weighted by Crippen LogP contribution is 2.07. The SMILES string of the molecule is CCCCCCCCC=CC(=O)N[C@@H](Cc1ccccc1)C(=O)O. The van der Waals surface area contributed by atoms with Crippen molar-refractivity contribution in [2.45, 2.75) is 64.3 Å². The van der Waals surface area contributed by atoms with Gasteiger partial charge in [0.1, 0.15) is 6.04 Å². The predicted molar refractivity (Wildman–Crippen MR) is 96.8 cm³/mol. The van der Waals surface area contributed by atoms with Crippen molar-refractivity contribution in [2.75, 3.05) is 0 Å². The number of carbonyl (C=O) groups excluding carboxylic acids is 1. The number of carbonyl (C=O) groups is 2. The zero-order chi connectivity index (χ0) is 17.6. The van der Waals surface area contributed by atoms with Gasteiger partial charge in [-0.1, -0.05) is 75.4 Å². The zero-order valence-electron chi connectivity index (χ0n) is 14.5. The van der Waals surface area contributed by atoms with E-state index in [1.165, 1.54) is 38.2 Å². The fourth-order valence-corrected chi connectivity index (χ4v) is 2.50. The van der Waals surface area contributed by atoms with Crippen LogP contribution >= 0.6 is 0 Å². The van der Waals surface area contributed by atoms with Crippen LogP contribution in [0.3, 0.4) is 0 Å². The van der Waals surface area contributed by atoms with Gasteiger partial charge >= 0.3 is 5.97 Å². The van der Waals surface area contributed by atoms with E-state index in [0.29, 0.717) is 0 Å². The Labute approximate surface area is 145 Å². The summed E-state index contributed by atoms with van der Waals surface area (Å²) >= 11 is 0. The second-order valence-electron chi connectivity index (χ2n) is 6.05. The standard InChI is InChI=1S/C20H29NO3/c1-2-3-4-5-6-7-8-12-15-19(22)21-18(20(23)24)16-17-13-10-9-11-14-17/h9-15,18H,2-8,16H2,1H3,(H,21,22)(H,23,24)/t18-/m0/s1. The molecular weight excluding hydrogens is 302 g/mol. The maximum atomic E-state index is 11.9. The smallest absolute Gasteiger partial charge is 0.326 e. The quantitative estimate of drug-likeness (QED) is 0.447. The van der Waals surface area contributed by atoms with Crippen LogP contribution in [-0.2, 0) is 16.0 Å². The first-order valence-corrected chi connectivity index (χ1v) is 8.87. The first kappa shape index (κ1) is 19.9. The lowest BCUT2D eigenvalue weighted by Gasteiger charge is -2.13. The summed E-state index contributed by atoms with van der Waals surface area (Å²) in [6.45, 7) is 2.20. The third kappa shape index (κ3) is 9.13. The minimum atomic E-state index is -1.02. The van der Waals surface area contributed by atoms with Crippen LogP contribution in [0.15, 0.2) is 42.5 Å². The Balaban J connectivity index is 2.30. The van der Waals surface area contributed by atoms with Crippen molar-refractivity contribution in [1.29, 1.82) is 0 Å². The van der Waals surface area contributed by atoms with E-state index in [1.54, 1.807) is 0 Å². The summed E-state index contributed by atoms with van der Waals surface area (Å²) in [6.07, 6.45) is 11.7. The highest BCUT2D eigenvalue weighted by atomic mass is 16.4. The highest BCUT2D eigenvalue weighted by molar-refractivity contribution is 5.91. The molecule has 0 aromatic heterocycles. The lowest BCUT2D eigenvalue weighted by atomic mass is 10.1. The molecule has 0 heterocycles. The molecule has 0 saturated carbocycles. The number of aliphatic carboxylic acids is 1. The van der Waals surface area contributed by atoms with E-state index in [0.717, 1.165) is 18.4 Å². The van der Waals surface area contributed by atoms with Crippen LogP contribution < -0.4 is 5.32 Å². The molecule has 1 aromatic rings. The fraction of sp³-hybridized carbons (Fsp3) is 0.500. The van der Waals surface area contributed by atoms with Crippen molar-refractivity contribution < 1.29 is 14.7 Å². The Morgan fingerprint density at radius 3 is 2.42 bits per heavy atom. The molecule has 0 aliphatic rings. The molecule has 0 aliphatic heterocycles. The fourth-order valence-electron chi connectivity index (χ4n) is 2.50. The van der Waals surface area contributed by atoms with Crippen LogP contribution in [0.5, 0.6) is 0 Å². The Morgan fingerprint density at radius 2 is 1.75 bits per heavy atom. The van der Waals surface area contributed by atoms with Crippen molar-refractivity contribution in [3.8, 4) is 0 Å². The van der Waals surface area contributed by atoms with E-state index in [2.05, 4.69) is 12.2 Å². The van der Waals surface area contributed by atoms with Gasteiger partial charge in [0, 0.05) is 6.42 Å². The van der Waals surface area contributed by atoms with Gasteiger partial charge in [-0.05, 0) is 24.5 Å². The third-order valence-corrected chi connectivity index (χ3v) is 3.89. The summed E-state index contributed by atoms with van der Waals surface area (Å²) in [5.41, 5.74) is 0.890. The van der Waals surface area contributed by atoms with Gasteiger partial charge in [0.15, 0.2) is 0 Å². The molecule has 1 rings (SSSR count). The largest absolute Gasteiger partial charge is 0.480 e. The van der Waals surface area contributed by atoms with E-state index in [4.69, 9.17) is 0 Å². The lowest BCUT2D eigenvalue weighted by molar-refractivity contribution is -0.141. The summed E-state index contributed by atoms with van der Waals surface area (Å²) < 4.78 is 0. The van der Waals surface area contributed by atoms with Gasteiger partial charge in [-0.25, -0.2) is 4.79 Å². The summed E-state index contributed by atoms with van der Waals surface area (Å²) in [5.74, 6) is -1.36. The van der Waals surface area contributed by atoms with E-state index in [1.807, 2.05) is 36.4 Å². The van der Waals surface area contributed by atoms with Gasteiger partial charge < -0.3 is 10.4 Å². The molecule has 0 radical (unpaired) electrons. The lowest BCUT2D eigenvalue weighted by Crippen LogP contribution is -2.41. The number of benzene rings is 1. The van der Waals surface area contributed by atoms with Gasteiger partial charge in [-0.15, -0.1) is 0 Å². The predicted octanol–water partition coefficient (Wildman–Crippen LogP) is 4.11. The number of carboxylic acids is 1. The van der Waals surface area contributed by atoms with Gasteiger partial charge in [-0.3, -0.25) is 4.79 Å². The monoisotopic (exact) mass is 331 g/mol. The number of rotatable bonds is 12. The molecule has 4 heteroatoms. The molecule has 0 bridgehead atoms. The average molecular weight is 331 g/mol. The van der Waals surface area contributed by atoms with Crippen LogP contribution in [0.1, 0.15) is 57.4 Å². The topological polar surface area (TPSA) is 66.4 Å².